The highest BCUT2D eigenvalue weighted by atomic mass is 32.2. The monoisotopic (exact) mass is 197 g/mol. The van der Waals surface area contributed by atoms with Crippen LogP contribution in [-0.4, -0.2) is 15.3 Å². The van der Waals surface area contributed by atoms with Crippen molar-refractivity contribution in [3.63, 3.8) is 0 Å². The smallest absolute Gasteiger partial charge is 0.186 e. The molecule has 1 aliphatic rings. The summed E-state index contributed by atoms with van der Waals surface area (Å²) in [6, 6.07) is 5.39. The van der Waals surface area contributed by atoms with Gasteiger partial charge >= 0.3 is 0 Å². The maximum absolute atomic E-state index is 10.8. The molecule has 1 atom stereocenters. The molecule has 3 nitrogen and oxygen atoms in total. The van der Waals surface area contributed by atoms with E-state index < -0.39 is 11.1 Å². The van der Waals surface area contributed by atoms with Crippen LogP contribution in [0.15, 0.2) is 23.1 Å². The van der Waals surface area contributed by atoms with Gasteiger partial charge in [0.05, 0.1) is 4.90 Å². The fourth-order valence-electron chi connectivity index (χ4n) is 1.55. The van der Waals surface area contributed by atoms with Gasteiger partial charge in [0.1, 0.15) is 0 Å². The molecule has 0 radical (unpaired) electrons. The van der Waals surface area contributed by atoms with E-state index in [4.69, 9.17) is 4.55 Å². The van der Waals surface area contributed by atoms with Gasteiger partial charge in [-0.3, -0.25) is 0 Å². The SMILES string of the molecule is O=S(O)c1ccc2c(c1)NCCC2. The third kappa shape index (κ3) is 1.73. The Morgan fingerprint density at radius 3 is 3.08 bits per heavy atom. The highest BCUT2D eigenvalue weighted by molar-refractivity contribution is 7.79. The highest BCUT2D eigenvalue weighted by Crippen LogP contribution is 2.23. The van der Waals surface area contributed by atoms with Gasteiger partial charge in [-0.25, -0.2) is 4.21 Å². The van der Waals surface area contributed by atoms with Gasteiger partial charge in [0.15, 0.2) is 11.1 Å². The predicted molar refractivity (Wildman–Crippen MR) is 52.3 cm³/mol. The highest BCUT2D eigenvalue weighted by Gasteiger charge is 2.10. The topological polar surface area (TPSA) is 49.3 Å². The van der Waals surface area contributed by atoms with Crippen molar-refractivity contribution in [3.05, 3.63) is 23.8 Å². The minimum atomic E-state index is -1.87. The number of aryl methyl sites for hydroxylation is 1. The van der Waals surface area contributed by atoms with Crippen molar-refractivity contribution >= 4 is 16.8 Å². The summed E-state index contributed by atoms with van der Waals surface area (Å²) >= 11 is -1.87. The predicted octanol–water partition coefficient (Wildman–Crippen LogP) is 1.63. The molecule has 4 heteroatoms. The van der Waals surface area contributed by atoms with Crippen LogP contribution in [0.1, 0.15) is 12.0 Å². The molecular weight excluding hydrogens is 186 g/mol. The molecule has 0 spiro atoms. The Morgan fingerprint density at radius 2 is 2.31 bits per heavy atom. The van der Waals surface area contributed by atoms with Crippen LogP contribution in [0.2, 0.25) is 0 Å². The molecule has 1 aromatic carbocycles. The van der Waals surface area contributed by atoms with Crippen molar-refractivity contribution in [3.8, 4) is 0 Å². The first-order chi connectivity index (χ1) is 6.27. The summed E-state index contributed by atoms with van der Waals surface area (Å²) in [4.78, 5) is 0.466. The number of benzene rings is 1. The molecule has 1 aliphatic heterocycles. The second-order valence-corrected chi connectivity index (χ2v) is 4.07. The van der Waals surface area contributed by atoms with Gasteiger partial charge in [-0.2, -0.15) is 0 Å². The van der Waals surface area contributed by atoms with Gasteiger partial charge in [-0.05, 0) is 30.5 Å². The van der Waals surface area contributed by atoms with E-state index in [2.05, 4.69) is 5.32 Å². The minimum absolute atomic E-state index is 0.466. The number of nitrogens with one attached hydrogen (secondary N) is 1. The number of anilines is 1. The van der Waals surface area contributed by atoms with Crippen LogP contribution in [0, 0.1) is 0 Å². The molecule has 0 amide bonds. The quantitative estimate of drug-likeness (QED) is 0.673. The fourth-order valence-corrected chi connectivity index (χ4v) is 1.95. The Hall–Kier alpha value is -0.870. The van der Waals surface area contributed by atoms with Crippen LogP contribution < -0.4 is 5.32 Å². The zero-order valence-corrected chi connectivity index (χ0v) is 7.93. The normalized spacial score (nSPS) is 17.3. The van der Waals surface area contributed by atoms with Crippen molar-refractivity contribution in [1.82, 2.24) is 0 Å². The maximum Gasteiger partial charge on any atom is 0.186 e. The molecule has 13 heavy (non-hydrogen) atoms. The average molecular weight is 197 g/mol. The zero-order valence-electron chi connectivity index (χ0n) is 7.12. The van der Waals surface area contributed by atoms with E-state index in [1.165, 1.54) is 5.56 Å². The van der Waals surface area contributed by atoms with Crippen LogP contribution in [0.5, 0.6) is 0 Å². The molecule has 70 valence electrons. The summed E-state index contributed by atoms with van der Waals surface area (Å²) in [5, 5.41) is 3.21. The molecule has 0 saturated heterocycles. The fraction of sp³-hybridized carbons (Fsp3) is 0.333. The molecule has 1 heterocycles. The third-order valence-corrected chi connectivity index (χ3v) is 2.88. The van der Waals surface area contributed by atoms with Crippen LogP contribution in [0.4, 0.5) is 5.69 Å². The third-order valence-electron chi connectivity index (χ3n) is 2.22. The van der Waals surface area contributed by atoms with Gasteiger partial charge < -0.3 is 9.87 Å². The van der Waals surface area contributed by atoms with Crippen LogP contribution in [-0.2, 0) is 17.5 Å². The zero-order chi connectivity index (χ0) is 9.26. The van der Waals surface area contributed by atoms with E-state index >= 15 is 0 Å². The van der Waals surface area contributed by atoms with Crippen molar-refractivity contribution in [2.24, 2.45) is 0 Å². The van der Waals surface area contributed by atoms with Crippen molar-refractivity contribution < 1.29 is 8.76 Å². The molecule has 2 N–H and O–H groups in total. The lowest BCUT2D eigenvalue weighted by molar-refractivity contribution is 0.564. The number of fused-ring (bicyclic) bond motifs is 1. The molecule has 0 aromatic heterocycles. The van der Waals surface area contributed by atoms with Gasteiger partial charge in [0.25, 0.3) is 0 Å². The molecule has 0 bridgehead atoms. The van der Waals surface area contributed by atoms with Crippen molar-refractivity contribution in [2.45, 2.75) is 17.7 Å². The van der Waals surface area contributed by atoms with Gasteiger partial charge in [0, 0.05) is 12.2 Å². The summed E-state index contributed by atoms with van der Waals surface area (Å²) in [7, 11) is 0. The number of hydrogen-bond donors (Lipinski definition) is 2. The van der Waals surface area contributed by atoms with E-state index in [1.54, 1.807) is 12.1 Å². The van der Waals surface area contributed by atoms with E-state index in [9.17, 15) is 4.21 Å². The standard InChI is InChI=1S/C9H11NO2S/c11-13(12)8-4-3-7-2-1-5-10-9(7)6-8/h3-4,6,10H,1-2,5H2,(H,11,12). The Labute approximate surface area is 79.4 Å². The van der Waals surface area contributed by atoms with E-state index in [0.717, 1.165) is 25.1 Å². The molecule has 1 aromatic rings. The molecular formula is C9H11NO2S. The molecule has 2 rings (SSSR count). The number of rotatable bonds is 1. The lowest BCUT2D eigenvalue weighted by Crippen LogP contribution is -2.11. The largest absolute Gasteiger partial charge is 0.385 e. The van der Waals surface area contributed by atoms with Crippen molar-refractivity contribution in [2.75, 3.05) is 11.9 Å². The summed E-state index contributed by atoms with van der Waals surface area (Å²) in [6.07, 6.45) is 2.19. The van der Waals surface area contributed by atoms with E-state index in [1.807, 2.05) is 6.07 Å². The Bertz CT molecular complexity index is 351. The van der Waals surface area contributed by atoms with Gasteiger partial charge in [0.2, 0.25) is 0 Å². The maximum atomic E-state index is 10.8. The summed E-state index contributed by atoms with van der Waals surface area (Å²) in [6.45, 7) is 0.953. The van der Waals surface area contributed by atoms with Crippen LogP contribution >= 0.6 is 0 Å². The van der Waals surface area contributed by atoms with E-state index in [-0.39, 0.29) is 0 Å². The molecule has 0 saturated carbocycles. The Morgan fingerprint density at radius 1 is 1.46 bits per heavy atom. The average Bonchev–Trinajstić information content (AvgIpc) is 2.17. The number of hydrogen-bond acceptors (Lipinski definition) is 2. The second-order valence-electron chi connectivity index (χ2n) is 3.10. The van der Waals surface area contributed by atoms with Gasteiger partial charge in [-0.1, -0.05) is 6.07 Å². The van der Waals surface area contributed by atoms with E-state index in [0.29, 0.717) is 4.90 Å². The van der Waals surface area contributed by atoms with Crippen molar-refractivity contribution in [1.29, 1.82) is 0 Å². The first kappa shape index (κ1) is 8.72. The Balaban J connectivity index is 2.40. The van der Waals surface area contributed by atoms with Gasteiger partial charge in [-0.15, -0.1) is 0 Å². The lowest BCUT2D eigenvalue weighted by Gasteiger charge is -2.17. The minimum Gasteiger partial charge on any atom is -0.385 e. The lowest BCUT2D eigenvalue weighted by atomic mass is 10.0. The summed E-state index contributed by atoms with van der Waals surface area (Å²) in [5.74, 6) is 0. The summed E-state index contributed by atoms with van der Waals surface area (Å²) < 4.78 is 19.6. The molecule has 0 aliphatic carbocycles. The van der Waals surface area contributed by atoms with Crippen LogP contribution in [0.3, 0.4) is 0 Å². The molecule has 0 fully saturated rings. The second kappa shape index (κ2) is 3.47. The first-order valence-electron chi connectivity index (χ1n) is 4.25. The Kier molecular flexibility index (Phi) is 2.33. The van der Waals surface area contributed by atoms with Crippen LogP contribution in [0.25, 0.3) is 0 Å². The summed E-state index contributed by atoms with van der Waals surface area (Å²) in [5.41, 5.74) is 2.24. The molecule has 1 unspecified atom stereocenters. The first-order valence-corrected chi connectivity index (χ1v) is 5.36.